The molecular formula is C16H30N4. The number of hydrogen-bond acceptors (Lipinski definition) is 4. The van der Waals surface area contributed by atoms with Crippen LogP contribution in [0.1, 0.15) is 57.5 Å². The summed E-state index contributed by atoms with van der Waals surface area (Å²) >= 11 is 0. The Morgan fingerprint density at radius 1 is 1.00 bits per heavy atom. The molecule has 1 aromatic heterocycles. The maximum absolute atomic E-state index is 4.71. The van der Waals surface area contributed by atoms with E-state index in [4.69, 9.17) is 9.97 Å². The Hall–Kier alpha value is -1.16. The fourth-order valence-electron chi connectivity index (χ4n) is 2.58. The van der Waals surface area contributed by atoms with E-state index in [1.807, 2.05) is 0 Å². The normalized spacial score (nSPS) is 12.8. The summed E-state index contributed by atoms with van der Waals surface area (Å²) in [4.78, 5) is 11.6. The smallest absolute Gasteiger partial charge is 0.225 e. The highest BCUT2D eigenvalue weighted by molar-refractivity contribution is 5.38. The van der Waals surface area contributed by atoms with E-state index in [0.717, 1.165) is 37.0 Å². The van der Waals surface area contributed by atoms with E-state index in [1.165, 1.54) is 5.56 Å². The molecule has 114 valence electrons. The first-order valence-corrected chi connectivity index (χ1v) is 7.74. The quantitative estimate of drug-likeness (QED) is 0.832. The summed E-state index contributed by atoms with van der Waals surface area (Å²) < 4.78 is 0. The molecule has 0 fully saturated rings. The first kappa shape index (κ1) is 16.9. The van der Waals surface area contributed by atoms with Gasteiger partial charge < -0.3 is 10.2 Å². The maximum Gasteiger partial charge on any atom is 0.225 e. The molecule has 4 heteroatoms. The van der Waals surface area contributed by atoms with Gasteiger partial charge in [0, 0.05) is 37.1 Å². The van der Waals surface area contributed by atoms with Crippen molar-refractivity contribution in [2.45, 2.75) is 60.4 Å². The first-order chi connectivity index (χ1) is 9.40. The van der Waals surface area contributed by atoms with Gasteiger partial charge >= 0.3 is 0 Å². The van der Waals surface area contributed by atoms with Crippen molar-refractivity contribution < 1.29 is 0 Å². The van der Waals surface area contributed by atoms with Crippen LogP contribution in [0.25, 0.3) is 0 Å². The van der Waals surface area contributed by atoms with Gasteiger partial charge in [0.2, 0.25) is 5.95 Å². The number of anilines is 1. The van der Waals surface area contributed by atoms with Gasteiger partial charge in [0.15, 0.2) is 0 Å². The van der Waals surface area contributed by atoms with Crippen LogP contribution in [0.5, 0.6) is 0 Å². The lowest BCUT2D eigenvalue weighted by molar-refractivity contribution is 0.543. The minimum Gasteiger partial charge on any atom is -0.341 e. The van der Waals surface area contributed by atoms with Crippen LogP contribution in [0.3, 0.4) is 0 Å². The van der Waals surface area contributed by atoms with Gasteiger partial charge in [-0.2, -0.15) is 0 Å². The van der Waals surface area contributed by atoms with Crippen LogP contribution in [-0.2, 0) is 0 Å². The molecule has 1 aromatic rings. The number of rotatable bonds is 7. The topological polar surface area (TPSA) is 41.1 Å². The Kier molecular flexibility index (Phi) is 6.40. The third kappa shape index (κ3) is 4.17. The van der Waals surface area contributed by atoms with Gasteiger partial charge in [-0.15, -0.1) is 0 Å². The Morgan fingerprint density at radius 3 is 1.90 bits per heavy atom. The van der Waals surface area contributed by atoms with Gasteiger partial charge in [-0.25, -0.2) is 9.97 Å². The van der Waals surface area contributed by atoms with Gasteiger partial charge in [0.25, 0.3) is 0 Å². The van der Waals surface area contributed by atoms with Crippen molar-refractivity contribution in [2.75, 3.05) is 24.5 Å². The van der Waals surface area contributed by atoms with E-state index in [9.17, 15) is 0 Å². The third-order valence-electron chi connectivity index (χ3n) is 3.69. The highest BCUT2D eigenvalue weighted by Crippen LogP contribution is 2.23. The van der Waals surface area contributed by atoms with Gasteiger partial charge in [0.05, 0.1) is 0 Å². The van der Waals surface area contributed by atoms with Gasteiger partial charge in [-0.05, 0) is 39.2 Å². The minimum atomic E-state index is 0.433. The number of nitrogens with one attached hydrogen (secondary N) is 1. The predicted molar refractivity (Wildman–Crippen MR) is 86.6 cm³/mol. The van der Waals surface area contributed by atoms with Gasteiger partial charge in [0.1, 0.15) is 0 Å². The van der Waals surface area contributed by atoms with E-state index < -0.39 is 0 Å². The molecule has 0 amide bonds. The van der Waals surface area contributed by atoms with Crippen LogP contribution in [-0.4, -0.2) is 35.6 Å². The van der Waals surface area contributed by atoms with Crippen molar-refractivity contribution in [3.8, 4) is 0 Å². The second-order valence-electron chi connectivity index (χ2n) is 5.74. The van der Waals surface area contributed by atoms with Gasteiger partial charge in [-0.3, -0.25) is 0 Å². The Bertz CT molecular complexity index is 401. The molecule has 20 heavy (non-hydrogen) atoms. The van der Waals surface area contributed by atoms with E-state index in [1.54, 1.807) is 0 Å². The molecule has 4 nitrogen and oxygen atoms in total. The Morgan fingerprint density at radius 2 is 1.50 bits per heavy atom. The molecule has 1 N–H and O–H groups in total. The molecule has 0 radical (unpaired) electrons. The average molecular weight is 278 g/mol. The molecule has 0 aromatic carbocycles. The van der Waals surface area contributed by atoms with Crippen molar-refractivity contribution in [1.29, 1.82) is 0 Å². The van der Waals surface area contributed by atoms with Crippen LogP contribution in [0.4, 0.5) is 5.95 Å². The van der Waals surface area contributed by atoms with Crippen LogP contribution < -0.4 is 10.2 Å². The van der Waals surface area contributed by atoms with Crippen molar-refractivity contribution in [2.24, 2.45) is 0 Å². The second-order valence-corrected chi connectivity index (χ2v) is 5.74. The lowest BCUT2D eigenvalue weighted by Gasteiger charge is -2.23. The number of hydrogen-bond donors (Lipinski definition) is 1. The number of nitrogens with zero attached hydrogens (tertiary/aromatic N) is 3. The lowest BCUT2D eigenvalue weighted by Crippen LogP contribution is -2.29. The molecule has 0 saturated carbocycles. The van der Waals surface area contributed by atoms with E-state index in [0.29, 0.717) is 12.0 Å². The monoisotopic (exact) mass is 278 g/mol. The Balaban J connectivity index is 2.99. The summed E-state index contributed by atoms with van der Waals surface area (Å²) in [7, 11) is 0. The van der Waals surface area contributed by atoms with E-state index in [-0.39, 0.29) is 0 Å². The van der Waals surface area contributed by atoms with E-state index >= 15 is 0 Å². The standard InChI is InChI=1S/C16H30N4/c1-8-20(9-2)16-18-13(6)15(14(7)19-16)12(5)10-17-11(3)4/h11-12,17H,8-10H2,1-7H3. The van der Waals surface area contributed by atoms with Crippen molar-refractivity contribution in [3.05, 3.63) is 17.0 Å². The number of aryl methyl sites for hydroxylation is 2. The average Bonchev–Trinajstić information content (AvgIpc) is 2.37. The SMILES string of the molecule is CCN(CC)c1nc(C)c(C(C)CNC(C)C)c(C)n1. The van der Waals surface area contributed by atoms with Crippen LogP contribution in [0.15, 0.2) is 0 Å². The molecule has 1 heterocycles. The molecule has 0 aliphatic carbocycles. The molecule has 0 bridgehead atoms. The number of aromatic nitrogens is 2. The Labute approximate surface area is 124 Å². The molecule has 0 spiro atoms. The largest absolute Gasteiger partial charge is 0.341 e. The molecule has 1 atom stereocenters. The summed E-state index contributed by atoms with van der Waals surface area (Å²) in [6.45, 7) is 17.9. The van der Waals surface area contributed by atoms with Crippen LogP contribution in [0.2, 0.25) is 0 Å². The van der Waals surface area contributed by atoms with Gasteiger partial charge in [-0.1, -0.05) is 20.8 Å². The van der Waals surface area contributed by atoms with Crippen molar-refractivity contribution in [1.82, 2.24) is 15.3 Å². The predicted octanol–water partition coefficient (Wildman–Crippen LogP) is 3.04. The minimum absolute atomic E-state index is 0.433. The van der Waals surface area contributed by atoms with Crippen LogP contribution in [0, 0.1) is 13.8 Å². The molecule has 0 aliphatic heterocycles. The summed E-state index contributed by atoms with van der Waals surface area (Å²) in [5.74, 6) is 1.29. The van der Waals surface area contributed by atoms with Crippen LogP contribution >= 0.6 is 0 Å². The molecule has 1 rings (SSSR count). The molecule has 1 unspecified atom stereocenters. The zero-order valence-electron chi connectivity index (χ0n) is 14.1. The summed E-state index contributed by atoms with van der Waals surface area (Å²) in [5.41, 5.74) is 3.50. The summed E-state index contributed by atoms with van der Waals surface area (Å²) in [6.07, 6.45) is 0. The van der Waals surface area contributed by atoms with Crippen molar-refractivity contribution >= 4 is 5.95 Å². The summed E-state index contributed by atoms with van der Waals surface area (Å²) in [6, 6.07) is 0.508. The van der Waals surface area contributed by atoms with Crippen molar-refractivity contribution in [3.63, 3.8) is 0 Å². The third-order valence-corrected chi connectivity index (χ3v) is 3.69. The van der Waals surface area contributed by atoms with E-state index in [2.05, 4.69) is 58.7 Å². The maximum atomic E-state index is 4.71. The fourth-order valence-corrected chi connectivity index (χ4v) is 2.58. The molecular weight excluding hydrogens is 248 g/mol. The highest BCUT2D eigenvalue weighted by Gasteiger charge is 2.17. The second kappa shape index (κ2) is 7.58. The first-order valence-electron chi connectivity index (χ1n) is 7.74. The molecule has 0 aliphatic rings. The lowest BCUT2D eigenvalue weighted by atomic mass is 9.98. The zero-order valence-corrected chi connectivity index (χ0v) is 14.1. The highest BCUT2D eigenvalue weighted by atomic mass is 15.2. The zero-order chi connectivity index (χ0) is 15.3. The molecule has 0 saturated heterocycles. The summed E-state index contributed by atoms with van der Waals surface area (Å²) in [5, 5.41) is 3.49. The fraction of sp³-hybridized carbons (Fsp3) is 0.750.